The number of fused-ring (bicyclic) bond motifs is 1. The van der Waals surface area contributed by atoms with Crippen LogP contribution in [0.25, 0.3) is 22.3 Å². The lowest BCUT2D eigenvalue weighted by Gasteiger charge is -2.13. The van der Waals surface area contributed by atoms with Crippen molar-refractivity contribution >= 4 is 17.0 Å². The summed E-state index contributed by atoms with van der Waals surface area (Å²) in [6, 6.07) is 20.4. The van der Waals surface area contributed by atoms with E-state index in [0.29, 0.717) is 30.7 Å². The molecule has 0 N–H and O–H groups in total. The zero-order valence-corrected chi connectivity index (χ0v) is 22.5. The number of hydrogen-bond acceptors (Lipinski definition) is 7. The van der Waals surface area contributed by atoms with Crippen molar-refractivity contribution in [2.45, 2.75) is 40.7 Å². The molecule has 0 aliphatic carbocycles. The van der Waals surface area contributed by atoms with Crippen molar-refractivity contribution in [1.29, 1.82) is 0 Å². The number of pyridine rings is 2. The summed E-state index contributed by atoms with van der Waals surface area (Å²) in [6.07, 6.45) is 2.59. The number of amidine groups is 1. The SMILES string of the molecule is CCc1nc2c(C)cc(C)nc2n1Cc1ccc(-c2cc(Oc3cc(C)ccn3)ccc2C2=NCN=N2)cc1. The number of aromatic nitrogens is 4. The summed E-state index contributed by atoms with van der Waals surface area (Å²) in [5.41, 5.74) is 9.26. The van der Waals surface area contributed by atoms with Gasteiger partial charge in [-0.3, -0.25) is 0 Å². The summed E-state index contributed by atoms with van der Waals surface area (Å²) in [5, 5.41) is 8.30. The van der Waals surface area contributed by atoms with Crippen LogP contribution in [-0.4, -0.2) is 32.0 Å². The van der Waals surface area contributed by atoms with Gasteiger partial charge in [-0.1, -0.05) is 31.2 Å². The van der Waals surface area contributed by atoms with E-state index in [1.165, 1.54) is 5.56 Å². The van der Waals surface area contributed by atoms with Gasteiger partial charge in [0.25, 0.3) is 0 Å². The molecular formula is C31H29N7O. The first-order valence-corrected chi connectivity index (χ1v) is 13.1. The highest BCUT2D eigenvalue weighted by molar-refractivity contribution is 6.05. The van der Waals surface area contributed by atoms with E-state index in [2.05, 4.69) is 69.0 Å². The molecule has 0 fully saturated rings. The number of rotatable bonds is 7. The molecule has 0 radical (unpaired) electrons. The van der Waals surface area contributed by atoms with Gasteiger partial charge in [0.15, 0.2) is 18.2 Å². The second-order valence-electron chi connectivity index (χ2n) is 9.76. The van der Waals surface area contributed by atoms with E-state index in [-0.39, 0.29) is 0 Å². The zero-order valence-electron chi connectivity index (χ0n) is 22.5. The van der Waals surface area contributed by atoms with Crippen LogP contribution in [0.3, 0.4) is 0 Å². The summed E-state index contributed by atoms with van der Waals surface area (Å²) >= 11 is 0. The Morgan fingerprint density at radius 3 is 2.49 bits per heavy atom. The van der Waals surface area contributed by atoms with Gasteiger partial charge in [0.05, 0.1) is 6.54 Å². The third-order valence-corrected chi connectivity index (χ3v) is 6.82. The van der Waals surface area contributed by atoms with Crippen molar-refractivity contribution in [2.75, 3.05) is 6.67 Å². The predicted octanol–water partition coefficient (Wildman–Crippen LogP) is 6.99. The average Bonchev–Trinajstić information content (AvgIpc) is 3.58. The molecule has 3 aromatic heterocycles. The molecule has 194 valence electrons. The maximum absolute atomic E-state index is 6.10. The molecule has 5 aromatic rings. The predicted molar refractivity (Wildman–Crippen MR) is 153 cm³/mol. The van der Waals surface area contributed by atoms with Crippen LogP contribution in [-0.2, 0) is 13.0 Å². The maximum Gasteiger partial charge on any atom is 0.219 e. The van der Waals surface area contributed by atoms with Crippen molar-refractivity contribution in [1.82, 2.24) is 19.5 Å². The number of benzene rings is 2. The molecule has 0 saturated heterocycles. The summed E-state index contributed by atoms with van der Waals surface area (Å²) in [5.74, 6) is 2.92. The molecule has 4 heterocycles. The summed E-state index contributed by atoms with van der Waals surface area (Å²) in [7, 11) is 0. The van der Waals surface area contributed by atoms with Crippen LogP contribution in [0.15, 0.2) is 82.1 Å². The third kappa shape index (κ3) is 4.93. The van der Waals surface area contributed by atoms with Crippen LogP contribution >= 0.6 is 0 Å². The molecule has 0 saturated carbocycles. The molecule has 0 spiro atoms. The Morgan fingerprint density at radius 2 is 1.74 bits per heavy atom. The Bertz CT molecular complexity index is 1750. The fourth-order valence-electron chi connectivity index (χ4n) is 4.93. The van der Waals surface area contributed by atoms with E-state index in [4.69, 9.17) is 14.7 Å². The lowest BCUT2D eigenvalue weighted by Crippen LogP contribution is -2.06. The molecule has 2 aromatic carbocycles. The van der Waals surface area contributed by atoms with Crippen molar-refractivity contribution in [3.8, 4) is 22.8 Å². The van der Waals surface area contributed by atoms with Crippen LogP contribution in [0.4, 0.5) is 0 Å². The fourth-order valence-corrected chi connectivity index (χ4v) is 4.93. The molecule has 0 bridgehead atoms. The highest BCUT2D eigenvalue weighted by Crippen LogP contribution is 2.32. The Hall–Kier alpha value is -4.72. The Kier molecular flexibility index (Phi) is 6.44. The van der Waals surface area contributed by atoms with Gasteiger partial charge in [-0.2, -0.15) is 5.11 Å². The van der Waals surface area contributed by atoms with Gasteiger partial charge in [-0.05, 0) is 78.9 Å². The van der Waals surface area contributed by atoms with Crippen LogP contribution in [0.5, 0.6) is 11.6 Å². The minimum absolute atomic E-state index is 0.352. The molecule has 8 nitrogen and oxygen atoms in total. The van der Waals surface area contributed by atoms with Crippen molar-refractivity contribution < 1.29 is 4.74 Å². The second-order valence-corrected chi connectivity index (χ2v) is 9.76. The van der Waals surface area contributed by atoms with Gasteiger partial charge in [0, 0.05) is 29.9 Å². The quantitative estimate of drug-likeness (QED) is 0.234. The fraction of sp³-hybridized carbons (Fsp3) is 0.226. The van der Waals surface area contributed by atoms with Gasteiger partial charge >= 0.3 is 0 Å². The standard InChI is InChI=1S/C31H29N7O/c1-5-27-36-29-20(3)15-21(4)35-31(29)38(27)17-22-6-8-23(9-7-22)26-16-24(39-28-14-19(2)12-13-32-28)10-11-25(26)30-33-18-34-37-30/h6-16H,5,17-18H2,1-4H3. The third-order valence-electron chi connectivity index (χ3n) is 6.82. The van der Waals surface area contributed by atoms with Gasteiger partial charge in [0.2, 0.25) is 5.88 Å². The van der Waals surface area contributed by atoms with Gasteiger partial charge in [0.1, 0.15) is 17.1 Å². The van der Waals surface area contributed by atoms with Crippen LogP contribution in [0.1, 0.15) is 40.7 Å². The maximum atomic E-state index is 6.10. The number of ether oxygens (including phenoxy) is 1. The largest absolute Gasteiger partial charge is 0.439 e. The highest BCUT2D eigenvalue weighted by atomic mass is 16.5. The summed E-state index contributed by atoms with van der Waals surface area (Å²) < 4.78 is 8.33. The molecule has 8 heteroatoms. The van der Waals surface area contributed by atoms with Crippen LogP contribution in [0, 0.1) is 20.8 Å². The lowest BCUT2D eigenvalue weighted by molar-refractivity contribution is 0.462. The van der Waals surface area contributed by atoms with E-state index in [1.54, 1.807) is 6.20 Å². The van der Waals surface area contributed by atoms with Crippen LogP contribution in [0.2, 0.25) is 0 Å². The van der Waals surface area contributed by atoms with E-state index in [0.717, 1.165) is 56.9 Å². The number of azo groups is 1. The average molecular weight is 516 g/mol. The monoisotopic (exact) mass is 515 g/mol. The van der Waals surface area contributed by atoms with E-state index >= 15 is 0 Å². The minimum Gasteiger partial charge on any atom is -0.439 e. The molecule has 1 aliphatic heterocycles. The smallest absolute Gasteiger partial charge is 0.219 e. The van der Waals surface area contributed by atoms with E-state index in [1.807, 2.05) is 44.2 Å². The minimum atomic E-state index is 0.352. The highest BCUT2D eigenvalue weighted by Gasteiger charge is 2.17. The molecule has 0 amide bonds. The van der Waals surface area contributed by atoms with E-state index in [9.17, 15) is 0 Å². The van der Waals surface area contributed by atoms with Crippen molar-refractivity contribution in [2.24, 2.45) is 15.2 Å². The van der Waals surface area contributed by atoms with Crippen molar-refractivity contribution in [3.63, 3.8) is 0 Å². The van der Waals surface area contributed by atoms with Gasteiger partial charge in [-0.15, -0.1) is 5.11 Å². The molecule has 0 unspecified atom stereocenters. The zero-order chi connectivity index (χ0) is 26.9. The Morgan fingerprint density at radius 1 is 0.897 bits per heavy atom. The summed E-state index contributed by atoms with van der Waals surface area (Å²) in [4.78, 5) is 18.5. The topological polar surface area (TPSA) is 89.9 Å². The first kappa shape index (κ1) is 24.6. The Labute approximate surface area is 227 Å². The Balaban J connectivity index is 1.35. The number of aliphatic imine (C=N–C) groups is 1. The molecule has 6 rings (SSSR count). The lowest BCUT2D eigenvalue weighted by atomic mass is 9.97. The first-order valence-electron chi connectivity index (χ1n) is 13.1. The normalized spacial score (nSPS) is 12.8. The first-order chi connectivity index (χ1) is 19.0. The summed E-state index contributed by atoms with van der Waals surface area (Å²) in [6.45, 7) is 9.33. The molecular weight excluding hydrogens is 486 g/mol. The van der Waals surface area contributed by atoms with Crippen LogP contribution < -0.4 is 4.74 Å². The second kappa shape index (κ2) is 10.2. The number of hydrogen-bond donors (Lipinski definition) is 0. The van der Waals surface area contributed by atoms with Gasteiger partial charge < -0.3 is 9.30 Å². The molecule has 0 atom stereocenters. The molecule has 39 heavy (non-hydrogen) atoms. The number of nitrogens with zero attached hydrogens (tertiary/aromatic N) is 7. The number of imidazole rings is 1. The van der Waals surface area contributed by atoms with E-state index < -0.39 is 0 Å². The molecule has 1 aliphatic rings. The van der Waals surface area contributed by atoms with Gasteiger partial charge in [-0.25, -0.2) is 19.9 Å². The van der Waals surface area contributed by atoms with Crippen molar-refractivity contribution in [3.05, 3.63) is 101 Å². The number of aryl methyl sites for hydroxylation is 4.